The Hall–Kier alpha value is -1.10. The van der Waals surface area contributed by atoms with E-state index >= 15 is 0 Å². The maximum atomic E-state index is 11.2. The second-order valence-corrected chi connectivity index (χ2v) is 8.78. The van der Waals surface area contributed by atoms with Crippen molar-refractivity contribution in [1.82, 2.24) is 0 Å². The monoisotopic (exact) mass is 230 g/mol. The molecule has 0 aliphatic rings. The van der Waals surface area contributed by atoms with Crippen molar-refractivity contribution >= 4 is 20.3 Å². The van der Waals surface area contributed by atoms with E-state index in [0.717, 1.165) is 12.2 Å². The summed E-state index contributed by atoms with van der Waals surface area (Å²) in [6, 6.07) is 0. The topological polar surface area (TPSA) is 52.6 Å². The molecule has 0 saturated carbocycles. The van der Waals surface area contributed by atoms with Crippen molar-refractivity contribution in [3.63, 3.8) is 0 Å². The molecule has 0 aromatic rings. The van der Waals surface area contributed by atoms with E-state index in [0.29, 0.717) is 0 Å². The van der Waals surface area contributed by atoms with E-state index in [-0.39, 0.29) is 6.10 Å². The van der Waals surface area contributed by atoms with Crippen LogP contribution in [0.1, 0.15) is 13.8 Å². The fourth-order valence-corrected chi connectivity index (χ4v) is 1.42. The van der Waals surface area contributed by atoms with Crippen LogP contribution in [0, 0.1) is 0 Å². The van der Waals surface area contributed by atoms with Gasteiger partial charge in [0.1, 0.15) is 0 Å². The molecule has 15 heavy (non-hydrogen) atoms. The summed E-state index contributed by atoms with van der Waals surface area (Å²) in [6.45, 7) is 9.17. The minimum Gasteiger partial charge on any atom is -0.517 e. The van der Waals surface area contributed by atoms with Crippen molar-refractivity contribution < 1.29 is 18.8 Å². The van der Waals surface area contributed by atoms with Gasteiger partial charge < -0.3 is 9.16 Å². The molecule has 0 atom stereocenters. The molecule has 86 valence electrons. The first kappa shape index (κ1) is 13.9. The van der Waals surface area contributed by atoms with Gasteiger partial charge in [0, 0.05) is 12.2 Å². The molecule has 0 saturated heterocycles. The summed E-state index contributed by atoms with van der Waals surface area (Å²) in [5, 5.41) is 0. The van der Waals surface area contributed by atoms with Crippen molar-refractivity contribution in [3.8, 4) is 0 Å². The van der Waals surface area contributed by atoms with Gasteiger partial charge in [-0.2, -0.15) is 0 Å². The van der Waals surface area contributed by atoms with Gasteiger partial charge in [0.25, 0.3) is 0 Å². The van der Waals surface area contributed by atoms with Crippen LogP contribution in [0.2, 0.25) is 19.6 Å². The predicted octanol–water partition coefficient (Wildman–Crippen LogP) is 1.87. The van der Waals surface area contributed by atoms with Gasteiger partial charge >= 0.3 is 11.9 Å². The first-order valence-electron chi connectivity index (χ1n) is 4.82. The molecule has 0 amide bonds. The molecule has 0 bridgehead atoms. The Kier molecular flexibility index (Phi) is 5.28. The molecule has 4 nitrogen and oxygen atoms in total. The standard InChI is InChI=1S/C10H18O4Si/c1-8(2)13-9(11)6-7-10(12)14-15(3,4)5/h6-8H,1-5H3/b7-6+. The minimum atomic E-state index is -1.88. The maximum absolute atomic E-state index is 11.2. The molecule has 0 rings (SSSR count). The van der Waals surface area contributed by atoms with Crippen LogP contribution in [0.5, 0.6) is 0 Å². The first-order chi connectivity index (χ1) is 6.70. The lowest BCUT2D eigenvalue weighted by atomic mass is 10.4. The third-order valence-electron chi connectivity index (χ3n) is 1.11. The zero-order valence-corrected chi connectivity index (χ0v) is 10.9. The summed E-state index contributed by atoms with van der Waals surface area (Å²) in [4.78, 5) is 22.2. The summed E-state index contributed by atoms with van der Waals surface area (Å²) >= 11 is 0. The van der Waals surface area contributed by atoms with E-state index in [2.05, 4.69) is 0 Å². The van der Waals surface area contributed by atoms with Gasteiger partial charge in [-0.05, 0) is 33.5 Å². The van der Waals surface area contributed by atoms with Crippen molar-refractivity contribution in [2.75, 3.05) is 0 Å². The highest BCUT2D eigenvalue weighted by molar-refractivity contribution is 6.71. The van der Waals surface area contributed by atoms with Crippen molar-refractivity contribution in [2.24, 2.45) is 0 Å². The Balaban J connectivity index is 4.07. The Morgan fingerprint density at radius 1 is 1.07 bits per heavy atom. The van der Waals surface area contributed by atoms with Crippen LogP contribution < -0.4 is 0 Å². The summed E-state index contributed by atoms with van der Waals surface area (Å²) < 4.78 is 9.91. The van der Waals surface area contributed by atoms with E-state index < -0.39 is 20.3 Å². The Bertz CT molecular complexity index is 263. The number of carbonyl (C=O) groups excluding carboxylic acids is 2. The van der Waals surface area contributed by atoms with Crippen LogP contribution in [0.25, 0.3) is 0 Å². The van der Waals surface area contributed by atoms with Crippen molar-refractivity contribution in [3.05, 3.63) is 12.2 Å². The van der Waals surface area contributed by atoms with E-state index in [1.54, 1.807) is 13.8 Å². The molecular weight excluding hydrogens is 212 g/mol. The molecule has 0 radical (unpaired) electrons. The van der Waals surface area contributed by atoms with E-state index in [9.17, 15) is 9.59 Å². The van der Waals surface area contributed by atoms with Gasteiger partial charge in [-0.3, -0.25) is 0 Å². The van der Waals surface area contributed by atoms with Crippen LogP contribution in [0.3, 0.4) is 0 Å². The molecule has 0 aromatic carbocycles. The van der Waals surface area contributed by atoms with Gasteiger partial charge in [-0.25, -0.2) is 9.59 Å². The van der Waals surface area contributed by atoms with E-state index in [1.165, 1.54) is 0 Å². The second-order valence-electron chi connectivity index (χ2n) is 4.35. The number of esters is 1. The van der Waals surface area contributed by atoms with Gasteiger partial charge in [0.05, 0.1) is 6.10 Å². The van der Waals surface area contributed by atoms with Crippen LogP contribution in [-0.4, -0.2) is 26.4 Å². The van der Waals surface area contributed by atoms with Crippen molar-refractivity contribution in [2.45, 2.75) is 39.6 Å². The summed E-state index contributed by atoms with van der Waals surface area (Å²) in [6.07, 6.45) is 2.00. The summed E-state index contributed by atoms with van der Waals surface area (Å²) in [7, 11) is -1.88. The molecule has 0 heterocycles. The lowest BCUT2D eigenvalue weighted by Gasteiger charge is -2.15. The Morgan fingerprint density at radius 3 is 1.93 bits per heavy atom. The number of carbonyl (C=O) groups is 2. The fraction of sp³-hybridized carbons (Fsp3) is 0.600. The number of ether oxygens (including phenoxy) is 1. The molecule has 0 N–H and O–H groups in total. The first-order valence-corrected chi connectivity index (χ1v) is 8.23. The third kappa shape index (κ3) is 9.21. The zero-order chi connectivity index (χ0) is 12.1. The maximum Gasteiger partial charge on any atom is 0.331 e. The number of hydrogen-bond acceptors (Lipinski definition) is 4. The minimum absolute atomic E-state index is 0.185. The highest BCUT2D eigenvalue weighted by Crippen LogP contribution is 2.03. The lowest BCUT2D eigenvalue weighted by molar-refractivity contribution is -0.141. The quantitative estimate of drug-likeness (QED) is 0.420. The molecule has 5 heteroatoms. The number of rotatable bonds is 4. The van der Waals surface area contributed by atoms with E-state index in [4.69, 9.17) is 9.16 Å². The third-order valence-corrected chi connectivity index (χ3v) is 1.93. The zero-order valence-electron chi connectivity index (χ0n) is 9.87. The smallest absolute Gasteiger partial charge is 0.331 e. The largest absolute Gasteiger partial charge is 0.517 e. The Morgan fingerprint density at radius 2 is 1.53 bits per heavy atom. The van der Waals surface area contributed by atoms with Gasteiger partial charge in [0.2, 0.25) is 8.32 Å². The second kappa shape index (κ2) is 5.70. The highest BCUT2D eigenvalue weighted by Gasteiger charge is 2.18. The molecule has 0 aliphatic heterocycles. The lowest BCUT2D eigenvalue weighted by Crippen LogP contribution is -2.28. The van der Waals surface area contributed by atoms with Gasteiger partial charge in [-0.15, -0.1) is 0 Å². The number of hydrogen-bond donors (Lipinski definition) is 0. The Labute approximate surface area is 91.4 Å². The van der Waals surface area contributed by atoms with Crippen LogP contribution in [-0.2, 0) is 18.8 Å². The van der Waals surface area contributed by atoms with Crippen LogP contribution in [0.15, 0.2) is 12.2 Å². The fourth-order valence-electron chi connectivity index (χ4n) is 0.743. The summed E-state index contributed by atoms with van der Waals surface area (Å²) in [5.41, 5.74) is 0. The molecule has 0 aliphatic carbocycles. The molecular formula is C10H18O4Si. The predicted molar refractivity (Wildman–Crippen MR) is 59.8 cm³/mol. The normalized spacial score (nSPS) is 11.9. The molecule has 0 aromatic heterocycles. The average molecular weight is 230 g/mol. The van der Waals surface area contributed by atoms with Crippen LogP contribution >= 0.6 is 0 Å². The average Bonchev–Trinajstić information content (AvgIpc) is 1.96. The van der Waals surface area contributed by atoms with Crippen LogP contribution in [0.4, 0.5) is 0 Å². The molecule has 0 spiro atoms. The SMILES string of the molecule is CC(C)OC(=O)/C=C/C(=O)O[Si](C)(C)C. The van der Waals surface area contributed by atoms with Crippen molar-refractivity contribution in [1.29, 1.82) is 0 Å². The summed E-state index contributed by atoms with van der Waals surface area (Å²) in [5.74, 6) is -1.02. The van der Waals surface area contributed by atoms with E-state index in [1.807, 2.05) is 19.6 Å². The van der Waals surface area contributed by atoms with Gasteiger partial charge in [0.15, 0.2) is 0 Å². The molecule has 0 fully saturated rings. The highest BCUT2D eigenvalue weighted by atomic mass is 28.4. The molecule has 0 unspecified atom stereocenters. The van der Waals surface area contributed by atoms with Gasteiger partial charge in [-0.1, -0.05) is 0 Å².